The van der Waals surface area contributed by atoms with Gasteiger partial charge in [-0.15, -0.1) is 0 Å². The van der Waals surface area contributed by atoms with E-state index in [0.717, 1.165) is 5.02 Å². The van der Waals surface area contributed by atoms with E-state index in [2.05, 4.69) is 37.3 Å². The molecule has 2 rings (SSSR count). The molecule has 0 aliphatic carbocycles. The van der Waals surface area contributed by atoms with Crippen molar-refractivity contribution in [3.05, 3.63) is 76.8 Å². The zero-order chi connectivity index (χ0) is 12.1. The fraction of sp³-hybridized carbons (Fsp3) is 0.125. The molecule has 0 N–H and O–H groups in total. The van der Waals surface area contributed by atoms with Gasteiger partial charge in [-0.05, 0) is 17.2 Å². The van der Waals surface area contributed by atoms with Gasteiger partial charge in [0.1, 0.15) is 0 Å². The van der Waals surface area contributed by atoms with Gasteiger partial charge in [0.2, 0.25) is 0 Å². The van der Waals surface area contributed by atoms with E-state index in [1.54, 1.807) is 0 Å². The fourth-order valence-electron chi connectivity index (χ4n) is 1.77. The first-order chi connectivity index (χ1) is 8.27. The molecular formula is C16H15Cl. The molecule has 1 atom stereocenters. The maximum Gasteiger partial charge on any atom is 0.0443 e. The first kappa shape index (κ1) is 11.9. The zero-order valence-corrected chi connectivity index (χ0v) is 10.6. The summed E-state index contributed by atoms with van der Waals surface area (Å²) in [5.41, 5.74) is 2.38. The Balaban J connectivity index is 2.15. The van der Waals surface area contributed by atoms with Crippen molar-refractivity contribution in [2.24, 2.45) is 0 Å². The van der Waals surface area contributed by atoms with E-state index >= 15 is 0 Å². The molecule has 0 aliphatic heterocycles. The standard InChI is InChI=1S/C16H15Cl/c1-13(15-9-5-6-10-16(15)17)11-12-14-7-3-2-4-8-14/h2-13H,1H3. The molecule has 0 aromatic heterocycles. The average molecular weight is 243 g/mol. The van der Waals surface area contributed by atoms with Crippen LogP contribution in [0.2, 0.25) is 5.02 Å². The summed E-state index contributed by atoms with van der Waals surface area (Å²) in [6.45, 7) is 2.15. The van der Waals surface area contributed by atoms with Gasteiger partial charge in [-0.3, -0.25) is 0 Å². The molecule has 0 amide bonds. The average Bonchev–Trinajstić information content (AvgIpc) is 2.38. The van der Waals surface area contributed by atoms with Gasteiger partial charge in [0.05, 0.1) is 0 Å². The Hall–Kier alpha value is -1.53. The molecule has 0 radical (unpaired) electrons. The molecule has 1 heteroatoms. The second kappa shape index (κ2) is 5.70. The molecule has 86 valence electrons. The predicted molar refractivity (Wildman–Crippen MR) is 75.3 cm³/mol. The van der Waals surface area contributed by atoms with Crippen LogP contribution in [-0.4, -0.2) is 0 Å². The van der Waals surface area contributed by atoms with Crippen molar-refractivity contribution < 1.29 is 0 Å². The summed E-state index contributed by atoms with van der Waals surface area (Å²) in [6.07, 6.45) is 4.31. The number of halogens is 1. The second-order valence-electron chi connectivity index (χ2n) is 4.08. The van der Waals surface area contributed by atoms with E-state index in [1.165, 1.54) is 11.1 Å². The van der Waals surface area contributed by atoms with Crippen LogP contribution in [0.5, 0.6) is 0 Å². The van der Waals surface area contributed by atoms with E-state index < -0.39 is 0 Å². The van der Waals surface area contributed by atoms with Gasteiger partial charge in [-0.2, -0.15) is 0 Å². The lowest BCUT2D eigenvalue weighted by Gasteiger charge is -2.08. The summed E-state index contributed by atoms with van der Waals surface area (Å²) in [4.78, 5) is 0. The monoisotopic (exact) mass is 242 g/mol. The smallest absolute Gasteiger partial charge is 0.0443 e. The van der Waals surface area contributed by atoms with Crippen molar-refractivity contribution in [1.29, 1.82) is 0 Å². The molecule has 0 saturated heterocycles. The summed E-state index contributed by atoms with van der Waals surface area (Å²) in [6, 6.07) is 18.3. The Morgan fingerprint density at radius 1 is 0.941 bits per heavy atom. The number of hydrogen-bond acceptors (Lipinski definition) is 0. The third kappa shape index (κ3) is 3.21. The zero-order valence-electron chi connectivity index (χ0n) is 9.81. The molecule has 0 fully saturated rings. The highest BCUT2D eigenvalue weighted by Crippen LogP contribution is 2.25. The lowest BCUT2D eigenvalue weighted by atomic mass is 10.00. The van der Waals surface area contributed by atoms with Crippen LogP contribution >= 0.6 is 11.6 Å². The first-order valence-corrected chi connectivity index (χ1v) is 6.13. The van der Waals surface area contributed by atoms with E-state index in [1.807, 2.05) is 36.4 Å². The van der Waals surface area contributed by atoms with Gasteiger partial charge >= 0.3 is 0 Å². The summed E-state index contributed by atoms with van der Waals surface area (Å²) in [5, 5.41) is 0.831. The van der Waals surface area contributed by atoms with Crippen LogP contribution in [0.3, 0.4) is 0 Å². The van der Waals surface area contributed by atoms with Crippen LogP contribution in [0.15, 0.2) is 60.7 Å². The van der Waals surface area contributed by atoms with Gasteiger partial charge in [0.15, 0.2) is 0 Å². The van der Waals surface area contributed by atoms with Gasteiger partial charge in [-0.1, -0.05) is 79.2 Å². The molecule has 2 aromatic carbocycles. The summed E-state index contributed by atoms with van der Waals surface area (Å²) in [7, 11) is 0. The molecule has 0 aliphatic rings. The van der Waals surface area contributed by atoms with Crippen molar-refractivity contribution in [3.63, 3.8) is 0 Å². The van der Waals surface area contributed by atoms with E-state index in [0.29, 0.717) is 5.92 Å². The Morgan fingerprint density at radius 3 is 2.29 bits per heavy atom. The molecule has 0 spiro atoms. The molecule has 2 aromatic rings. The minimum atomic E-state index is 0.323. The van der Waals surface area contributed by atoms with Crippen LogP contribution in [0.1, 0.15) is 24.0 Å². The summed E-state index contributed by atoms with van der Waals surface area (Å²) < 4.78 is 0. The summed E-state index contributed by atoms with van der Waals surface area (Å²) >= 11 is 6.17. The molecule has 17 heavy (non-hydrogen) atoms. The van der Waals surface area contributed by atoms with Crippen molar-refractivity contribution in [1.82, 2.24) is 0 Å². The normalized spacial score (nSPS) is 12.8. The van der Waals surface area contributed by atoms with Crippen LogP contribution < -0.4 is 0 Å². The Labute approximate surface area is 108 Å². The lowest BCUT2D eigenvalue weighted by Crippen LogP contribution is -1.89. The van der Waals surface area contributed by atoms with Gasteiger partial charge in [-0.25, -0.2) is 0 Å². The topological polar surface area (TPSA) is 0 Å². The largest absolute Gasteiger partial charge is 0.0840 e. The van der Waals surface area contributed by atoms with E-state index in [4.69, 9.17) is 11.6 Å². The lowest BCUT2D eigenvalue weighted by molar-refractivity contribution is 0.973. The molecule has 0 heterocycles. The molecule has 1 unspecified atom stereocenters. The first-order valence-electron chi connectivity index (χ1n) is 5.75. The Bertz CT molecular complexity index is 500. The second-order valence-corrected chi connectivity index (χ2v) is 4.49. The number of hydrogen-bond donors (Lipinski definition) is 0. The van der Waals surface area contributed by atoms with E-state index in [9.17, 15) is 0 Å². The molecular weight excluding hydrogens is 228 g/mol. The highest BCUT2D eigenvalue weighted by Gasteiger charge is 2.04. The van der Waals surface area contributed by atoms with Crippen LogP contribution in [0, 0.1) is 0 Å². The third-order valence-electron chi connectivity index (χ3n) is 2.77. The minimum absolute atomic E-state index is 0.323. The number of rotatable bonds is 3. The Morgan fingerprint density at radius 2 is 1.59 bits per heavy atom. The minimum Gasteiger partial charge on any atom is -0.0840 e. The summed E-state index contributed by atoms with van der Waals surface area (Å²) in [5.74, 6) is 0.323. The predicted octanol–water partition coefficient (Wildman–Crippen LogP) is 5.16. The third-order valence-corrected chi connectivity index (χ3v) is 3.12. The number of benzene rings is 2. The maximum absolute atomic E-state index is 6.17. The van der Waals surface area contributed by atoms with Crippen LogP contribution in [0.25, 0.3) is 6.08 Å². The van der Waals surface area contributed by atoms with Crippen molar-refractivity contribution in [2.75, 3.05) is 0 Å². The maximum atomic E-state index is 6.17. The van der Waals surface area contributed by atoms with Gasteiger partial charge < -0.3 is 0 Å². The fourth-order valence-corrected chi connectivity index (χ4v) is 2.08. The van der Waals surface area contributed by atoms with Crippen LogP contribution in [0.4, 0.5) is 0 Å². The van der Waals surface area contributed by atoms with Crippen molar-refractivity contribution in [2.45, 2.75) is 12.8 Å². The quantitative estimate of drug-likeness (QED) is 0.698. The van der Waals surface area contributed by atoms with Crippen molar-refractivity contribution in [3.8, 4) is 0 Å². The molecule has 0 saturated carbocycles. The number of allylic oxidation sites excluding steroid dienone is 1. The molecule has 0 bridgehead atoms. The highest BCUT2D eigenvalue weighted by molar-refractivity contribution is 6.31. The van der Waals surface area contributed by atoms with E-state index in [-0.39, 0.29) is 0 Å². The van der Waals surface area contributed by atoms with Crippen molar-refractivity contribution >= 4 is 17.7 Å². The SMILES string of the molecule is CC(C=Cc1ccccc1)c1ccccc1Cl. The van der Waals surface area contributed by atoms with Crippen LogP contribution in [-0.2, 0) is 0 Å². The molecule has 0 nitrogen and oxygen atoms in total. The van der Waals surface area contributed by atoms with Gasteiger partial charge in [0, 0.05) is 10.9 Å². The Kier molecular flexibility index (Phi) is 4.00. The highest BCUT2D eigenvalue weighted by atomic mass is 35.5. The van der Waals surface area contributed by atoms with Gasteiger partial charge in [0.25, 0.3) is 0 Å².